The minimum absolute atomic E-state index is 0.158. The van der Waals surface area contributed by atoms with E-state index < -0.39 is 5.97 Å². The molecule has 0 unspecified atom stereocenters. The van der Waals surface area contributed by atoms with Gasteiger partial charge in [-0.1, -0.05) is 0 Å². The molecule has 0 bridgehead atoms. The largest absolute Gasteiger partial charge is 0.478 e. The molecule has 0 saturated carbocycles. The van der Waals surface area contributed by atoms with E-state index >= 15 is 0 Å². The third kappa shape index (κ3) is 2.66. The molecule has 0 aliphatic rings. The molecule has 6 nitrogen and oxygen atoms in total. The number of nitrogens with zero attached hydrogens (tertiary/aromatic N) is 2. The van der Waals surface area contributed by atoms with Gasteiger partial charge in [-0.25, -0.2) is 4.79 Å². The predicted molar refractivity (Wildman–Crippen MR) is 60.9 cm³/mol. The fourth-order valence-electron chi connectivity index (χ4n) is 1.40. The van der Waals surface area contributed by atoms with Crippen molar-refractivity contribution in [2.45, 2.75) is 20.0 Å². The van der Waals surface area contributed by atoms with Crippen molar-refractivity contribution in [2.75, 3.05) is 5.32 Å². The third-order valence-electron chi connectivity index (χ3n) is 2.32. The number of carbonyl (C=O) groups is 1. The molecule has 2 aromatic heterocycles. The molecule has 90 valence electrons. The Balaban J connectivity index is 1.94. The molecule has 0 fully saturated rings. The fourth-order valence-corrected chi connectivity index (χ4v) is 1.40. The summed E-state index contributed by atoms with van der Waals surface area (Å²) in [5.41, 5.74) is 1.03. The summed E-state index contributed by atoms with van der Waals surface area (Å²) >= 11 is 0. The number of anilines is 1. The van der Waals surface area contributed by atoms with Crippen LogP contribution in [0, 0.1) is 0 Å². The SMILES string of the molecule is CCn1cc(NCc2cc(C(=O)O)co2)cn1. The van der Waals surface area contributed by atoms with Crippen LogP contribution in [0.3, 0.4) is 0 Å². The van der Waals surface area contributed by atoms with E-state index in [1.807, 2.05) is 13.1 Å². The second-order valence-corrected chi connectivity index (χ2v) is 3.55. The van der Waals surface area contributed by atoms with Gasteiger partial charge in [0.15, 0.2) is 0 Å². The number of carboxylic acids is 1. The van der Waals surface area contributed by atoms with Crippen LogP contribution in [0.25, 0.3) is 0 Å². The zero-order valence-electron chi connectivity index (χ0n) is 9.38. The summed E-state index contributed by atoms with van der Waals surface area (Å²) in [6, 6.07) is 1.50. The van der Waals surface area contributed by atoms with E-state index in [2.05, 4.69) is 10.4 Å². The lowest BCUT2D eigenvalue weighted by atomic mass is 10.3. The molecule has 6 heteroatoms. The molecular weight excluding hydrogens is 222 g/mol. The van der Waals surface area contributed by atoms with Crippen molar-refractivity contribution in [1.82, 2.24) is 9.78 Å². The standard InChI is InChI=1S/C11H13N3O3/c1-2-14-6-9(4-13-14)12-5-10-3-8(7-17-10)11(15)16/h3-4,6-7,12H,2,5H2,1H3,(H,15,16). The Bertz CT molecular complexity index is 516. The van der Waals surface area contributed by atoms with E-state index in [4.69, 9.17) is 9.52 Å². The molecule has 2 rings (SSSR count). The molecule has 2 N–H and O–H groups in total. The summed E-state index contributed by atoms with van der Waals surface area (Å²) in [6.45, 7) is 3.25. The molecule has 2 aromatic rings. The van der Waals surface area contributed by atoms with Crippen LogP contribution in [-0.2, 0) is 13.1 Å². The lowest BCUT2D eigenvalue weighted by molar-refractivity contribution is 0.0696. The van der Waals surface area contributed by atoms with Crippen LogP contribution in [0.4, 0.5) is 5.69 Å². The first-order valence-electron chi connectivity index (χ1n) is 5.26. The van der Waals surface area contributed by atoms with Crippen LogP contribution in [0.1, 0.15) is 23.0 Å². The maximum atomic E-state index is 10.6. The molecule has 2 heterocycles. The number of carboxylic acid groups (broad SMARTS) is 1. The number of nitrogens with one attached hydrogen (secondary N) is 1. The smallest absolute Gasteiger partial charge is 0.338 e. The van der Waals surface area contributed by atoms with Crippen LogP contribution in [-0.4, -0.2) is 20.9 Å². The number of aromatic nitrogens is 2. The Morgan fingerprint density at radius 1 is 1.65 bits per heavy atom. The summed E-state index contributed by atoms with van der Waals surface area (Å²) in [5, 5.41) is 15.9. The Morgan fingerprint density at radius 3 is 3.06 bits per heavy atom. The van der Waals surface area contributed by atoms with E-state index in [-0.39, 0.29) is 5.56 Å². The number of rotatable bonds is 5. The molecule has 0 aromatic carbocycles. The monoisotopic (exact) mass is 235 g/mol. The zero-order chi connectivity index (χ0) is 12.3. The summed E-state index contributed by atoms with van der Waals surface area (Å²) in [6.07, 6.45) is 4.82. The van der Waals surface area contributed by atoms with Gasteiger partial charge >= 0.3 is 5.97 Å². The quantitative estimate of drug-likeness (QED) is 0.826. The third-order valence-corrected chi connectivity index (χ3v) is 2.32. The van der Waals surface area contributed by atoms with Gasteiger partial charge < -0.3 is 14.8 Å². The van der Waals surface area contributed by atoms with Gasteiger partial charge in [0.05, 0.1) is 24.0 Å². The average Bonchev–Trinajstić information content (AvgIpc) is 2.95. The van der Waals surface area contributed by atoms with E-state index in [1.165, 1.54) is 12.3 Å². The van der Waals surface area contributed by atoms with Gasteiger partial charge in [-0.05, 0) is 13.0 Å². The Morgan fingerprint density at radius 2 is 2.47 bits per heavy atom. The highest BCUT2D eigenvalue weighted by Crippen LogP contribution is 2.11. The topological polar surface area (TPSA) is 80.3 Å². The van der Waals surface area contributed by atoms with Gasteiger partial charge in [-0.15, -0.1) is 0 Å². The van der Waals surface area contributed by atoms with Crippen molar-refractivity contribution in [3.63, 3.8) is 0 Å². The molecule has 0 amide bonds. The van der Waals surface area contributed by atoms with Crippen LogP contribution >= 0.6 is 0 Å². The number of furan rings is 1. The van der Waals surface area contributed by atoms with Gasteiger partial charge in [-0.2, -0.15) is 5.10 Å². The Hall–Kier alpha value is -2.24. The molecule has 17 heavy (non-hydrogen) atoms. The van der Waals surface area contributed by atoms with Crippen molar-refractivity contribution >= 4 is 11.7 Å². The summed E-state index contributed by atoms with van der Waals surface area (Å²) < 4.78 is 6.91. The summed E-state index contributed by atoms with van der Waals surface area (Å²) in [5.74, 6) is -0.412. The number of hydrogen-bond acceptors (Lipinski definition) is 4. The van der Waals surface area contributed by atoms with E-state index in [9.17, 15) is 4.79 Å². The maximum Gasteiger partial charge on any atom is 0.338 e. The first kappa shape index (κ1) is 11.3. The van der Waals surface area contributed by atoms with E-state index in [1.54, 1.807) is 10.9 Å². The van der Waals surface area contributed by atoms with Gasteiger partial charge in [-0.3, -0.25) is 4.68 Å². The molecule has 0 aliphatic carbocycles. The highest BCUT2D eigenvalue weighted by atomic mass is 16.4. The first-order valence-corrected chi connectivity index (χ1v) is 5.26. The predicted octanol–water partition coefficient (Wildman–Crippen LogP) is 1.81. The van der Waals surface area contributed by atoms with Crippen LogP contribution in [0.2, 0.25) is 0 Å². The second kappa shape index (κ2) is 4.73. The first-order chi connectivity index (χ1) is 8.19. The summed E-state index contributed by atoms with van der Waals surface area (Å²) in [7, 11) is 0. The van der Waals surface area contributed by atoms with Gasteiger partial charge in [0, 0.05) is 12.7 Å². The minimum atomic E-state index is -0.987. The molecule has 0 atom stereocenters. The highest BCUT2D eigenvalue weighted by Gasteiger charge is 2.08. The number of hydrogen-bond donors (Lipinski definition) is 2. The van der Waals surface area contributed by atoms with Gasteiger partial charge in [0.1, 0.15) is 12.0 Å². The van der Waals surface area contributed by atoms with Crippen molar-refractivity contribution in [1.29, 1.82) is 0 Å². The van der Waals surface area contributed by atoms with Crippen molar-refractivity contribution in [3.05, 3.63) is 36.0 Å². The molecular formula is C11H13N3O3. The molecule has 0 spiro atoms. The molecule has 0 radical (unpaired) electrons. The number of aromatic carboxylic acids is 1. The maximum absolute atomic E-state index is 10.6. The second-order valence-electron chi connectivity index (χ2n) is 3.55. The van der Waals surface area contributed by atoms with Crippen LogP contribution in [0.5, 0.6) is 0 Å². The van der Waals surface area contributed by atoms with Crippen LogP contribution in [0.15, 0.2) is 29.1 Å². The van der Waals surface area contributed by atoms with E-state index in [0.29, 0.717) is 12.3 Å². The molecule has 0 saturated heterocycles. The van der Waals surface area contributed by atoms with Gasteiger partial charge in [0.25, 0.3) is 0 Å². The average molecular weight is 235 g/mol. The highest BCUT2D eigenvalue weighted by molar-refractivity contribution is 5.87. The normalized spacial score (nSPS) is 10.4. The van der Waals surface area contributed by atoms with Gasteiger partial charge in [0.2, 0.25) is 0 Å². The zero-order valence-corrected chi connectivity index (χ0v) is 9.38. The lowest BCUT2D eigenvalue weighted by Gasteiger charge is -1.99. The summed E-state index contributed by atoms with van der Waals surface area (Å²) in [4.78, 5) is 10.6. The fraction of sp³-hybridized carbons (Fsp3) is 0.273. The lowest BCUT2D eigenvalue weighted by Crippen LogP contribution is -1.98. The Kier molecular flexibility index (Phi) is 3.13. The van der Waals surface area contributed by atoms with Crippen LogP contribution < -0.4 is 5.32 Å². The number of aryl methyl sites for hydroxylation is 1. The van der Waals surface area contributed by atoms with Crippen molar-refractivity contribution in [3.8, 4) is 0 Å². The molecule has 0 aliphatic heterocycles. The minimum Gasteiger partial charge on any atom is -0.478 e. The van der Waals surface area contributed by atoms with E-state index in [0.717, 1.165) is 12.2 Å². The Labute approximate surface area is 97.9 Å². The van der Waals surface area contributed by atoms with Crippen molar-refractivity contribution in [2.24, 2.45) is 0 Å². The van der Waals surface area contributed by atoms with Crippen molar-refractivity contribution < 1.29 is 14.3 Å².